The maximum atomic E-state index is 13.8. The number of halogens is 1. The second-order valence-corrected chi connectivity index (χ2v) is 4.88. The summed E-state index contributed by atoms with van der Waals surface area (Å²) >= 11 is 0. The van der Waals surface area contributed by atoms with E-state index in [0.29, 0.717) is 22.7 Å². The molecule has 0 aliphatic heterocycles. The monoisotopic (exact) mass is 334 g/mol. The minimum Gasteiger partial charge on any atom is -0.452 e. The summed E-state index contributed by atoms with van der Waals surface area (Å²) in [6.45, 7) is 0. The van der Waals surface area contributed by atoms with Crippen molar-refractivity contribution in [3.05, 3.63) is 72.3 Å². The molecule has 0 saturated carbocycles. The summed E-state index contributed by atoms with van der Waals surface area (Å²) in [6, 6.07) is 5.42. The maximum Gasteiger partial charge on any atom is 0.258 e. The summed E-state index contributed by atoms with van der Waals surface area (Å²) in [4.78, 5) is 23.9. The van der Waals surface area contributed by atoms with Gasteiger partial charge in [0, 0.05) is 11.6 Å². The number of hydrogen-bond acceptors (Lipinski definition) is 5. The van der Waals surface area contributed by atoms with Gasteiger partial charge in [-0.25, -0.2) is 14.4 Å². The number of amides is 1. The van der Waals surface area contributed by atoms with Gasteiger partial charge in [0.15, 0.2) is 5.75 Å². The lowest BCUT2D eigenvalue weighted by atomic mass is 10.1. The van der Waals surface area contributed by atoms with E-state index in [1.54, 1.807) is 6.07 Å². The summed E-state index contributed by atoms with van der Waals surface area (Å²) in [5, 5.41) is 2.56. The summed E-state index contributed by atoms with van der Waals surface area (Å²) in [6.07, 6.45) is 12.5. The zero-order valence-electron chi connectivity index (χ0n) is 12.8. The van der Waals surface area contributed by atoms with Crippen molar-refractivity contribution in [2.75, 3.05) is 5.32 Å². The van der Waals surface area contributed by atoms with E-state index in [-0.39, 0.29) is 5.56 Å². The number of rotatable bonds is 4. The third-order valence-electron chi connectivity index (χ3n) is 3.12. The number of carbonyl (C=O) groups is 1. The van der Waals surface area contributed by atoms with Crippen LogP contribution in [0.25, 0.3) is 0 Å². The predicted octanol–water partition coefficient (Wildman–Crippen LogP) is 3.04. The van der Waals surface area contributed by atoms with Crippen LogP contribution in [0.4, 0.5) is 10.1 Å². The van der Waals surface area contributed by atoms with Gasteiger partial charge in [0.25, 0.3) is 5.91 Å². The average Bonchev–Trinajstić information content (AvgIpc) is 2.63. The molecule has 3 rings (SSSR count). The number of nitrogens with zero attached hydrogens (tertiary/aromatic N) is 3. The first kappa shape index (κ1) is 16.1. The summed E-state index contributed by atoms with van der Waals surface area (Å²) in [7, 11) is 0. The van der Waals surface area contributed by atoms with Crippen molar-refractivity contribution in [2.45, 2.75) is 0 Å². The number of benzene rings is 1. The van der Waals surface area contributed by atoms with E-state index in [0.717, 1.165) is 6.07 Å². The van der Waals surface area contributed by atoms with Crippen molar-refractivity contribution in [3.8, 4) is 23.8 Å². The molecule has 0 saturated heterocycles. The quantitative estimate of drug-likeness (QED) is 0.742. The fraction of sp³-hybridized carbons (Fsp3) is 0. The van der Waals surface area contributed by atoms with Crippen LogP contribution in [0.3, 0.4) is 0 Å². The van der Waals surface area contributed by atoms with Crippen molar-refractivity contribution in [1.29, 1.82) is 0 Å². The van der Waals surface area contributed by atoms with Gasteiger partial charge >= 0.3 is 0 Å². The normalized spacial score (nSPS) is 9.92. The molecule has 0 aliphatic rings. The Morgan fingerprint density at radius 1 is 1.08 bits per heavy atom. The molecule has 2 aromatic heterocycles. The molecule has 2 heterocycles. The standard InChI is InChI=1S/C18H11FN4O2/c1-2-12-3-4-17(19)16(5-12)18(24)23-13-6-14(8-20-7-13)25-15-9-21-11-22-10-15/h1,3-11H,(H,23,24). The van der Waals surface area contributed by atoms with Crippen molar-refractivity contribution < 1.29 is 13.9 Å². The van der Waals surface area contributed by atoms with Gasteiger partial charge in [-0.2, -0.15) is 0 Å². The lowest BCUT2D eigenvalue weighted by molar-refractivity contribution is 0.102. The first-order valence-corrected chi connectivity index (χ1v) is 7.11. The van der Waals surface area contributed by atoms with Crippen LogP contribution in [0, 0.1) is 18.2 Å². The Hall–Kier alpha value is -3.79. The Bertz CT molecular complexity index is 955. The van der Waals surface area contributed by atoms with E-state index in [9.17, 15) is 9.18 Å². The fourth-order valence-electron chi connectivity index (χ4n) is 2.00. The minimum absolute atomic E-state index is 0.154. The van der Waals surface area contributed by atoms with Gasteiger partial charge in [-0.15, -0.1) is 6.42 Å². The van der Waals surface area contributed by atoms with E-state index in [1.807, 2.05) is 0 Å². The maximum absolute atomic E-state index is 13.8. The first-order chi connectivity index (χ1) is 12.2. The largest absolute Gasteiger partial charge is 0.452 e. The Kier molecular flexibility index (Phi) is 4.62. The topological polar surface area (TPSA) is 77.0 Å². The Labute approximate surface area is 142 Å². The molecule has 0 unspecified atom stereocenters. The molecule has 25 heavy (non-hydrogen) atoms. The van der Waals surface area contributed by atoms with Gasteiger partial charge < -0.3 is 10.1 Å². The molecule has 0 atom stereocenters. The number of nitrogens with one attached hydrogen (secondary N) is 1. The molecule has 1 aromatic carbocycles. The van der Waals surface area contributed by atoms with Crippen molar-refractivity contribution in [2.24, 2.45) is 0 Å². The van der Waals surface area contributed by atoms with E-state index >= 15 is 0 Å². The fourth-order valence-corrected chi connectivity index (χ4v) is 2.00. The van der Waals surface area contributed by atoms with Gasteiger partial charge in [-0.3, -0.25) is 9.78 Å². The minimum atomic E-state index is -0.668. The highest BCUT2D eigenvalue weighted by Gasteiger charge is 2.13. The van der Waals surface area contributed by atoms with Crippen molar-refractivity contribution in [1.82, 2.24) is 15.0 Å². The number of ether oxygens (including phenoxy) is 1. The zero-order chi connectivity index (χ0) is 17.6. The van der Waals surface area contributed by atoms with Crippen LogP contribution >= 0.6 is 0 Å². The average molecular weight is 334 g/mol. The third-order valence-corrected chi connectivity index (χ3v) is 3.12. The van der Waals surface area contributed by atoms with Crippen LogP contribution in [-0.4, -0.2) is 20.9 Å². The van der Waals surface area contributed by atoms with Crippen molar-refractivity contribution >= 4 is 11.6 Å². The lowest BCUT2D eigenvalue weighted by Gasteiger charge is -2.09. The third kappa shape index (κ3) is 3.95. The molecule has 1 N–H and O–H groups in total. The molecular formula is C18H11FN4O2. The van der Waals surface area contributed by atoms with E-state index < -0.39 is 11.7 Å². The van der Waals surface area contributed by atoms with Crippen LogP contribution in [-0.2, 0) is 0 Å². The molecule has 6 nitrogen and oxygen atoms in total. The highest BCUT2D eigenvalue weighted by Crippen LogP contribution is 2.22. The number of terminal acetylenes is 1. The number of hydrogen-bond donors (Lipinski definition) is 1. The van der Waals surface area contributed by atoms with Crippen LogP contribution in [0.15, 0.2) is 55.4 Å². The van der Waals surface area contributed by atoms with Crippen LogP contribution in [0.5, 0.6) is 11.5 Å². The SMILES string of the molecule is C#Cc1ccc(F)c(C(=O)Nc2cncc(Oc3cncnc3)c2)c1. The second kappa shape index (κ2) is 7.19. The molecule has 0 spiro atoms. The van der Waals surface area contributed by atoms with Gasteiger partial charge in [0.1, 0.15) is 17.9 Å². The Morgan fingerprint density at radius 2 is 1.84 bits per heavy atom. The van der Waals surface area contributed by atoms with Crippen LogP contribution in [0.2, 0.25) is 0 Å². The van der Waals surface area contributed by atoms with E-state index in [1.165, 1.54) is 43.2 Å². The summed E-state index contributed by atoms with van der Waals surface area (Å²) in [5.41, 5.74) is 0.592. The molecule has 0 aliphatic carbocycles. The Morgan fingerprint density at radius 3 is 2.60 bits per heavy atom. The lowest BCUT2D eigenvalue weighted by Crippen LogP contribution is -2.14. The van der Waals surface area contributed by atoms with Gasteiger partial charge in [0.05, 0.1) is 36.0 Å². The molecule has 1 amide bonds. The molecule has 0 fully saturated rings. The summed E-state index contributed by atoms with van der Waals surface area (Å²) < 4.78 is 19.4. The Balaban J connectivity index is 1.78. The van der Waals surface area contributed by atoms with E-state index in [2.05, 4.69) is 26.2 Å². The molecular weight excluding hydrogens is 323 g/mol. The van der Waals surface area contributed by atoms with Crippen molar-refractivity contribution in [3.63, 3.8) is 0 Å². The van der Waals surface area contributed by atoms with Crippen LogP contribution < -0.4 is 10.1 Å². The van der Waals surface area contributed by atoms with E-state index in [4.69, 9.17) is 11.2 Å². The van der Waals surface area contributed by atoms with Crippen LogP contribution in [0.1, 0.15) is 15.9 Å². The van der Waals surface area contributed by atoms with Gasteiger partial charge in [0.2, 0.25) is 0 Å². The molecule has 0 bridgehead atoms. The number of pyridine rings is 1. The van der Waals surface area contributed by atoms with Gasteiger partial charge in [-0.1, -0.05) is 5.92 Å². The molecule has 0 radical (unpaired) electrons. The molecule has 7 heteroatoms. The number of anilines is 1. The number of carbonyl (C=O) groups excluding carboxylic acids is 1. The highest BCUT2D eigenvalue weighted by molar-refractivity contribution is 6.04. The smallest absolute Gasteiger partial charge is 0.258 e. The highest BCUT2D eigenvalue weighted by atomic mass is 19.1. The second-order valence-electron chi connectivity index (χ2n) is 4.88. The van der Waals surface area contributed by atoms with Gasteiger partial charge in [-0.05, 0) is 18.2 Å². The number of aromatic nitrogens is 3. The first-order valence-electron chi connectivity index (χ1n) is 7.11. The summed E-state index contributed by atoms with van der Waals surface area (Å²) in [5.74, 6) is 1.83. The molecule has 122 valence electrons. The zero-order valence-corrected chi connectivity index (χ0v) is 12.8. The predicted molar refractivity (Wildman–Crippen MR) is 88.6 cm³/mol. The molecule has 3 aromatic rings.